The van der Waals surface area contributed by atoms with E-state index in [1.807, 2.05) is 6.92 Å². The highest BCUT2D eigenvalue weighted by Gasteiger charge is 2.65. The zero-order valence-corrected chi connectivity index (χ0v) is 19.4. The Hall–Kier alpha value is -1.20. The third kappa shape index (κ3) is 3.29. The van der Waals surface area contributed by atoms with Crippen LogP contribution in [0, 0.1) is 28.1 Å². The van der Waals surface area contributed by atoms with Crippen molar-refractivity contribution in [2.75, 3.05) is 14.2 Å². The van der Waals surface area contributed by atoms with Gasteiger partial charge in [0.1, 0.15) is 6.10 Å². The summed E-state index contributed by atoms with van der Waals surface area (Å²) in [6.45, 7) is 12.6. The molecular weight excluding hydrogens is 368 g/mol. The predicted octanol–water partition coefficient (Wildman–Crippen LogP) is 4.69. The second kappa shape index (κ2) is 7.49. The molecule has 29 heavy (non-hydrogen) atoms. The molecule has 0 spiro atoms. The van der Waals surface area contributed by atoms with Crippen molar-refractivity contribution in [3.05, 3.63) is 11.1 Å². The molecule has 3 saturated carbocycles. The summed E-state index contributed by atoms with van der Waals surface area (Å²) in [5, 5.41) is 0. The molecule has 0 unspecified atom stereocenters. The Balaban J connectivity index is 2.01. The Morgan fingerprint density at radius 2 is 1.62 bits per heavy atom. The number of ketones is 1. The van der Waals surface area contributed by atoms with Crippen LogP contribution in [0.3, 0.4) is 0 Å². The lowest BCUT2D eigenvalue weighted by atomic mass is 9.43. The Labute approximate surface area is 175 Å². The molecule has 0 aliphatic heterocycles. The molecule has 0 aromatic heterocycles. The summed E-state index contributed by atoms with van der Waals surface area (Å²) in [6.07, 6.45) is 3.89. The van der Waals surface area contributed by atoms with Gasteiger partial charge in [0.05, 0.1) is 0 Å². The third-order valence-electron chi connectivity index (χ3n) is 8.71. The van der Waals surface area contributed by atoms with Crippen LogP contribution in [0.15, 0.2) is 11.1 Å². The molecule has 0 heterocycles. The average Bonchev–Trinajstić information content (AvgIpc) is 2.90. The van der Waals surface area contributed by atoms with Crippen molar-refractivity contribution >= 4 is 11.8 Å². The van der Waals surface area contributed by atoms with Crippen LogP contribution in [-0.4, -0.2) is 38.4 Å². The zero-order chi connectivity index (χ0) is 21.8. The van der Waals surface area contributed by atoms with Gasteiger partial charge >= 0.3 is 5.97 Å². The monoisotopic (exact) mass is 406 g/mol. The quantitative estimate of drug-likeness (QED) is 0.385. The van der Waals surface area contributed by atoms with E-state index in [0.717, 1.165) is 36.8 Å². The first-order valence-corrected chi connectivity index (χ1v) is 10.9. The van der Waals surface area contributed by atoms with Crippen molar-refractivity contribution < 1.29 is 23.8 Å². The Morgan fingerprint density at radius 3 is 2.17 bits per heavy atom. The van der Waals surface area contributed by atoms with Gasteiger partial charge in [-0.3, -0.25) is 9.59 Å². The number of hydrogen-bond acceptors (Lipinski definition) is 5. The molecule has 0 aromatic rings. The number of hydrogen-bond donors (Lipinski definition) is 0. The minimum atomic E-state index is -0.480. The number of Topliss-reactive ketones (excluding diaryl/α,β-unsaturated/α-hetero) is 1. The molecule has 3 fully saturated rings. The van der Waals surface area contributed by atoms with E-state index < -0.39 is 6.29 Å². The van der Waals surface area contributed by atoms with E-state index in [1.54, 1.807) is 14.2 Å². The van der Waals surface area contributed by atoms with E-state index in [4.69, 9.17) is 14.2 Å². The molecule has 5 atom stereocenters. The van der Waals surface area contributed by atoms with Crippen molar-refractivity contribution in [3.8, 4) is 0 Å². The number of methoxy groups -OCH3 is 2. The molecule has 0 amide bonds. The van der Waals surface area contributed by atoms with Gasteiger partial charge in [-0.1, -0.05) is 27.7 Å². The largest absolute Gasteiger partial charge is 0.462 e. The summed E-state index contributed by atoms with van der Waals surface area (Å²) in [7, 11) is 3.24. The number of carbonyl (C=O) groups excluding carboxylic acids is 2. The van der Waals surface area contributed by atoms with Crippen LogP contribution in [-0.2, 0) is 23.8 Å². The first kappa shape index (κ1) is 22.5. The fourth-order valence-electron chi connectivity index (χ4n) is 7.54. The summed E-state index contributed by atoms with van der Waals surface area (Å²) in [6, 6.07) is 0. The van der Waals surface area contributed by atoms with Crippen LogP contribution in [0.4, 0.5) is 0 Å². The van der Waals surface area contributed by atoms with Crippen LogP contribution in [0.25, 0.3) is 0 Å². The number of allylic oxidation sites excluding steroid dienone is 1. The van der Waals surface area contributed by atoms with E-state index in [9.17, 15) is 9.59 Å². The van der Waals surface area contributed by atoms with E-state index >= 15 is 0 Å². The van der Waals surface area contributed by atoms with Crippen molar-refractivity contribution in [3.63, 3.8) is 0 Å². The molecule has 5 heteroatoms. The summed E-state index contributed by atoms with van der Waals surface area (Å²) in [5.74, 6) is 0.752. The molecule has 164 valence electrons. The van der Waals surface area contributed by atoms with E-state index in [2.05, 4.69) is 27.7 Å². The van der Waals surface area contributed by atoms with Gasteiger partial charge in [-0.05, 0) is 60.8 Å². The second-order valence-electron chi connectivity index (χ2n) is 10.5. The van der Waals surface area contributed by atoms with Crippen LogP contribution in [0.1, 0.15) is 73.6 Å². The zero-order valence-electron chi connectivity index (χ0n) is 19.4. The van der Waals surface area contributed by atoms with Crippen LogP contribution < -0.4 is 0 Å². The van der Waals surface area contributed by atoms with Gasteiger partial charge in [-0.2, -0.15) is 0 Å². The van der Waals surface area contributed by atoms with Crippen molar-refractivity contribution in [1.82, 2.24) is 0 Å². The van der Waals surface area contributed by atoms with Crippen molar-refractivity contribution in [2.24, 2.45) is 28.1 Å². The smallest absolute Gasteiger partial charge is 0.302 e. The number of esters is 1. The van der Waals surface area contributed by atoms with Crippen LogP contribution in [0.5, 0.6) is 0 Å². The maximum Gasteiger partial charge on any atom is 0.302 e. The highest BCUT2D eigenvalue weighted by atomic mass is 16.7. The molecule has 0 N–H and O–H groups in total. The first-order chi connectivity index (χ1) is 13.4. The maximum atomic E-state index is 13.3. The summed E-state index contributed by atoms with van der Waals surface area (Å²) in [4.78, 5) is 24.9. The number of fused-ring (bicyclic) bond motifs is 3. The average molecular weight is 407 g/mol. The standard InChI is InChI=1S/C24H38O5/c1-14(21(27-7)28-8)20-16(26)13-18-23(5)12-10-19(29-15(2)25)22(3,4)17(23)9-11-24(18,20)6/h17-19,21H,9-13H2,1-8H3/b20-14+/t17-,18-,19-,23-,24-/m0/s1. The molecule has 0 bridgehead atoms. The Kier molecular flexibility index (Phi) is 5.81. The lowest BCUT2D eigenvalue weighted by Crippen LogP contribution is -2.58. The minimum absolute atomic E-state index is 0.0421. The van der Waals surface area contributed by atoms with Gasteiger partial charge < -0.3 is 14.2 Å². The van der Waals surface area contributed by atoms with Gasteiger partial charge in [-0.25, -0.2) is 0 Å². The fourth-order valence-corrected chi connectivity index (χ4v) is 7.54. The second-order valence-corrected chi connectivity index (χ2v) is 10.5. The fraction of sp³-hybridized carbons (Fsp3) is 0.833. The van der Waals surface area contributed by atoms with Crippen molar-refractivity contribution in [2.45, 2.75) is 86.0 Å². The molecule has 5 nitrogen and oxygen atoms in total. The molecule has 3 aliphatic carbocycles. The van der Waals surface area contributed by atoms with Gasteiger partial charge in [-0.15, -0.1) is 0 Å². The molecule has 3 rings (SSSR count). The van der Waals surface area contributed by atoms with Gasteiger partial charge in [0.15, 0.2) is 12.1 Å². The summed E-state index contributed by atoms with van der Waals surface area (Å²) >= 11 is 0. The van der Waals surface area contributed by atoms with E-state index in [-0.39, 0.29) is 40.0 Å². The lowest BCUT2D eigenvalue weighted by Gasteiger charge is -2.62. The highest BCUT2D eigenvalue weighted by molar-refractivity contribution is 6.00. The van der Waals surface area contributed by atoms with Gasteiger partial charge in [0.2, 0.25) is 0 Å². The third-order valence-corrected chi connectivity index (χ3v) is 8.71. The molecule has 0 aromatic carbocycles. The Bertz CT molecular complexity index is 719. The Morgan fingerprint density at radius 1 is 1.00 bits per heavy atom. The van der Waals surface area contributed by atoms with Crippen LogP contribution in [0.2, 0.25) is 0 Å². The maximum absolute atomic E-state index is 13.3. The van der Waals surface area contributed by atoms with Gasteiger partial charge in [0, 0.05) is 38.6 Å². The SMILES string of the molecule is COC(OC)/C(C)=C1\C(=O)C[C@H]2[C@@]3(C)CC[C@H](OC(C)=O)C(C)(C)[C@@H]3CC[C@]12C. The highest BCUT2D eigenvalue weighted by Crippen LogP contribution is 2.69. The normalized spacial score (nSPS) is 40.4. The van der Waals surface area contributed by atoms with Crippen molar-refractivity contribution in [1.29, 1.82) is 0 Å². The summed E-state index contributed by atoms with van der Waals surface area (Å²) in [5.41, 5.74) is 1.62. The summed E-state index contributed by atoms with van der Waals surface area (Å²) < 4.78 is 16.7. The number of rotatable bonds is 4. The number of ether oxygens (including phenoxy) is 3. The van der Waals surface area contributed by atoms with Crippen LogP contribution >= 0.6 is 0 Å². The van der Waals surface area contributed by atoms with E-state index in [0.29, 0.717) is 12.3 Å². The molecular formula is C24H38O5. The number of carbonyl (C=O) groups is 2. The molecule has 3 aliphatic rings. The first-order valence-electron chi connectivity index (χ1n) is 10.9. The van der Waals surface area contributed by atoms with Gasteiger partial charge in [0.25, 0.3) is 0 Å². The molecule has 0 saturated heterocycles. The lowest BCUT2D eigenvalue weighted by molar-refractivity contribution is -0.185. The molecule has 0 radical (unpaired) electrons. The predicted molar refractivity (Wildman–Crippen MR) is 111 cm³/mol. The minimum Gasteiger partial charge on any atom is -0.462 e. The van der Waals surface area contributed by atoms with E-state index in [1.165, 1.54) is 6.92 Å². The topological polar surface area (TPSA) is 61.8 Å².